The van der Waals surface area contributed by atoms with E-state index in [-0.39, 0.29) is 46.2 Å². The van der Waals surface area contributed by atoms with E-state index >= 15 is 0 Å². The van der Waals surface area contributed by atoms with Crippen molar-refractivity contribution in [1.29, 1.82) is 0 Å². The Morgan fingerprint density at radius 3 is 1.35 bits per heavy atom. The Hall–Kier alpha value is -2.28. The monoisotopic (exact) mass is 540 g/mol. The van der Waals surface area contributed by atoms with Crippen molar-refractivity contribution < 1.29 is 57.1 Å². The van der Waals surface area contributed by atoms with E-state index in [2.05, 4.69) is 21.1 Å². The number of methoxy groups -OCH3 is 2. The summed E-state index contributed by atoms with van der Waals surface area (Å²) >= 11 is 0. The highest BCUT2D eigenvalue weighted by atomic mass is 16.7. The summed E-state index contributed by atoms with van der Waals surface area (Å²) in [7, 11) is 3.12. The second-order valence-corrected chi connectivity index (χ2v) is 7.38. The molecule has 0 aromatic heterocycles. The van der Waals surface area contributed by atoms with Crippen LogP contribution in [-0.2, 0) is 57.1 Å². The highest BCUT2D eigenvalue weighted by molar-refractivity contribution is 5.99. The highest BCUT2D eigenvalue weighted by Gasteiger charge is 2.43. The van der Waals surface area contributed by atoms with Gasteiger partial charge in [-0.15, -0.1) is 0 Å². The summed E-state index contributed by atoms with van der Waals surface area (Å²) in [5, 5.41) is 0. The molecular weight excluding hydrogens is 492 g/mol. The standard InChI is InChI=1S/C12H22O6.C8H14O4.C5H12O2/c1-5-17-10(13)12(3,11(14)18-6-2)7-8-16-9-15-4;1-4-11-7(9)6(3)8(10)12-5-2;1-3-4-7-5-6-2/h5-9H2,1-4H3;6H,4-5H2,1-3H3;3-5H2,1-2H3. The fraction of sp³-hybridized carbons (Fsp3) is 0.840. The lowest BCUT2D eigenvalue weighted by Crippen LogP contribution is -2.40. The van der Waals surface area contributed by atoms with Gasteiger partial charge < -0.3 is 37.9 Å². The van der Waals surface area contributed by atoms with E-state index in [0.717, 1.165) is 13.0 Å². The molecule has 0 spiro atoms. The number of rotatable bonds is 17. The first-order valence-corrected chi connectivity index (χ1v) is 12.4. The molecule has 0 atom stereocenters. The summed E-state index contributed by atoms with van der Waals surface area (Å²) in [5.41, 5.74) is -1.33. The molecule has 0 radical (unpaired) electrons. The van der Waals surface area contributed by atoms with Crippen molar-refractivity contribution in [2.24, 2.45) is 11.3 Å². The zero-order valence-electron chi connectivity index (χ0n) is 24.0. The number of ether oxygens (including phenoxy) is 8. The maximum Gasteiger partial charge on any atom is 0.323 e. The van der Waals surface area contributed by atoms with Gasteiger partial charge in [0.15, 0.2) is 11.3 Å². The molecule has 0 unspecified atom stereocenters. The molecule has 0 fully saturated rings. The lowest BCUT2D eigenvalue weighted by atomic mass is 9.87. The first-order chi connectivity index (χ1) is 17.6. The first-order valence-electron chi connectivity index (χ1n) is 12.4. The third-order valence-electron chi connectivity index (χ3n) is 4.23. The molecule has 0 heterocycles. The third-order valence-corrected chi connectivity index (χ3v) is 4.23. The molecule has 0 aromatic rings. The van der Waals surface area contributed by atoms with E-state index < -0.39 is 35.2 Å². The molecule has 0 saturated carbocycles. The largest absolute Gasteiger partial charge is 0.465 e. The van der Waals surface area contributed by atoms with Gasteiger partial charge in [-0.1, -0.05) is 6.92 Å². The number of hydrogen-bond acceptors (Lipinski definition) is 12. The minimum Gasteiger partial charge on any atom is -0.465 e. The number of esters is 4. The first kappa shape index (κ1) is 39.2. The molecule has 12 nitrogen and oxygen atoms in total. The van der Waals surface area contributed by atoms with Crippen molar-refractivity contribution >= 4 is 23.9 Å². The summed E-state index contributed by atoms with van der Waals surface area (Å²) in [6.07, 6.45) is 1.25. The van der Waals surface area contributed by atoms with E-state index in [9.17, 15) is 19.2 Å². The lowest BCUT2D eigenvalue weighted by molar-refractivity contribution is -0.173. The number of hydrogen-bond donors (Lipinski definition) is 0. The molecule has 220 valence electrons. The molecule has 12 heteroatoms. The Balaban J connectivity index is -0.000000522. The van der Waals surface area contributed by atoms with Gasteiger partial charge in [0.1, 0.15) is 13.6 Å². The van der Waals surface area contributed by atoms with Crippen molar-refractivity contribution in [2.45, 2.75) is 61.3 Å². The number of carbonyl (C=O) groups excluding carboxylic acids is 4. The van der Waals surface area contributed by atoms with Gasteiger partial charge in [-0.25, -0.2) is 0 Å². The van der Waals surface area contributed by atoms with Crippen LogP contribution in [0.3, 0.4) is 0 Å². The molecule has 0 aliphatic rings. The number of carbonyl (C=O) groups is 4. The van der Waals surface area contributed by atoms with Gasteiger partial charge in [0.25, 0.3) is 0 Å². The lowest BCUT2D eigenvalue weighted by Gasteiger charge is -2.24. The fourth-order valence-corrected chi connectivity index (χ4v) is 2.20. The molecule has 0 rings (SSSR count). The quantitative estimate of drug-likeness (QED) is 0.0880. The van der Waals surface area contributed by atoms with Crippen LogP contribution in [0.2, 0.25) is 0 Å². The van der Waals surface area contributed by atoms with Crippen LogP contribution in [-0.4, -0.2) is 91.3 Å². The molecule has 0 bridgehead atoms. The molecule has 37 heavy (non-hydrogen) atoms. The second kappa shape index (κ2) is 26.8. The van der Waals surface area contributed by atoms with E-state index in [4.69, 9.17) is 23.7 Å². The maximum atomic E-state index is 11.8. The van der Waals surface area contributed by atoms with Crippen molar-refractivity contribution in [3.8, 4) is 0 Å². The summed E-state index contributed by atoms with van der Waals surface area (Å²) in [4.78, 5) is 45.5. The predicted molar refractivity (Wildman–Crippen MR) is 134 cm³/mol. The smallest absolute Gasteiger partial charge is 0.323 e. The van der Waals surface area contributed by atoms with Gasteiger partial charge in [0, 0.05) is 20.8 Å². The van der Waals surface area contributed by atoms with Gasteiger partial charge in [-0.2, -0.15) is 0 Å². The fourth-order valence-electron chi connectivity index (χ4n) is 2.20. The Morgan fingerprint density at radius 1 is 0.649 bits per heavy atom. The predicted octanol–water partition coefficient (Wildman–Crippen LogP) is 2.90. The van der Waals surface area contributed by atoms with Gasteiger partial charge in [0.05, 0.1) is 33.0 Å². The zero-order valence-corrected chi connectivity index (χ0v) is 24.0. The minimum absolute atomic E-state index is 0.113. The van der Waals surface area contributed by atoms with E-state index in [1.165, 1.54) is 21.0 Å². The molecule has 0 aliphatic carbocycles. The SMILES string of the molecule is CCCOCOC.CCOC(=O)C(C)(CCOCOC)C(=O)OCC.CCOC(=O)C(C)C(=O)OCC. The van der Waals surface area contributed by atoms with Crippen LogP contribution in [0.5, 0.6) is 0 Å². The maximum absolute atomic E-state index is 11.8. The molecule has 0 saturated heterocycles. The van der Waals surface area contributed by atoms with Gasteiger partial charge in [0.2, 0.25) is 0 Å². The molecule has 0 amide bonds. The Labute approximate surface area is 221 Å². The molecule has 0 N–H and O–H groups in total. The summed E-state index contributed by atoms with van der Waals surface area (Å²) < 4.78 is 38.4. The normalized spacial score (nSPS) is 10.3. The Bertz CT molecular complexity index is 554. The van der Waals surface area contributed by atoms with Crippen LogP contribution in [0, 0.1) is 11.3 Å². The Morgan fingerprint density at radius 2 is 1.03 bits per heavy atom. The van der Waals surface area contributed by atoms with Gasteiger partial charge >= 0.3 is 23.9 Å². The van der Waals surface area contributed by atoms with E-state index in [1.807, 2.05) is 0 Å². The van der Waals surface area contributed by atoms with Crippen LogP contribution in [0.1, 0.15) is 61.3 Å². The molecule has 0 aliphatic heterocycles. The van der Waals surface area contributed by atoms with Crippen molar-refractivity contribution in [2.75, 3.05) is 67.4 Å². The van der Waals surface area contributed by atoms with Crippen molar-refractivity contribution in [3.63, 3.8) is 0 Å². The van der Waals surface area contributed by atoms with E-state index in [0.29, 0.717) is 6.79 Å². The van der Waals surface area contributed by atoms with Crippen LogP contribution in [0.15, 0.2) is 0 Å². The van der Waals surface area contributed by atoms with Crippen molar-refractivity contribution in [3.05, 3.63) is 0 Å². The van der Waals surface area contributed by atoms with Crippen LogP contribution in [0.4, 0.5) is 0 Å². The summed E-state index contributed by atoms with van der Waals surface area (Å²) in [6, 6.07) is 0. The summed E-state index contributed by atoms with van der Waals surface area (Å²) in [6.45, 7) is 14.3. The van der Waals surface area contributed by atoms with Crippen LogP contribution >= 0.6 is 0 Å². The zero-order chi connectivity index (χ0) is 29.1. The highest BCUT2D eigenvalue weighted by Crippen LogP contribution is 2.25. The average Bonchev–Trinajstić information content (AvgIpc) is 2.87. The van der Waals surface area contributed by atoms with Gasteiger partial charge in [-0.05, 0) is 54.4 Å². The van der Waals surface area contributed by atoms with Crippen LogP contribution < -0.4 is 0 Å². The van der Waals surface area contributed by atoms with E-state index in [1.54, 1.807) is 34.8 Å². The molecular formula is C25H48O12. The Kier molecular flexibility index (Phi) is 28.4. The summed E-state index contributed by atoms with van der Waals surface area (Å²) in [5.74, 6) is -3.06. The molecule has 0 aromatic carbocycles. The van der Waals surface area contributed by atoms with Crippen molar-refractivity contribution in [1.82, 2.24) is 0 Å². The average molecular weight is 541 g/mol. The van der Waals surface area contributed by atoms with Gasteiger partial charge in [-0.3, -0.25) is 19.2 Å². The third kappa shape index (κ3) is 20.5. The van der Waals surface area contributed by atoms with Crippen LogP contribution in [0.25, 0.3) is 0 Å². The topological polar surface area (TPSA) is 142 Å². The minimum atomic E-state index is -1.33. The second-order valence-electron chi connectivity index (χ2n) is 7.38.